The Kier molecular flexibility index (Phi) is 4.87. The van der Waals surface area contributed by atoms with Crippen molar-refractivity contribution in [2.24, 2.45) is 0 Å². The van der Waals surface area contributed by atoms with Gasteiger partial charge in [0, 0.05) is 31.5 Å². The molecule has 2 aliphatic rings. The molecule has 110 valence electrons. The molecule has 1 atom stereocenters. The average molecular weight is 275 g/mol. The summed E-state index contributed by atoms with van der Waals surface area (Å²) in [5.41, 5.74) is 1.39. The molecule has 3 heterocycles. The van der Waals surface area contributed by atoms with Crippen molar-refractivity contribution in [2.45, 2.75) is 50.6 Å². The Labute approximate surface area is 121 Å². The van der Waals surface area contributed by atoms with E-state index in [-0.39, 0.29) is 0 Å². The zero-order chi connectivity index (χ0) is 13.6. The molecule has 2 N–H and O–H groups in total. The molecule has 0 radical (unpaired) electrons. The number of hydrogen-bond donors (Lipinski definition) is 2. The Bertz CT molecular complexity index is 412. The Hall–Kier alpha value is -1.13. The first-order valence-corrected chi connectivity index (χ1v) is 7.93. The molecule has 2 saturated heterocycles. The van der Waals surface area contributed by atoms with Gasteiger partial charge in [-0.1, -0.05) is 0 Å². The van der Waals surface area contributed by atoms with Crippen molar-refractivity contribution in [3.63, 3.8) is 0 Å². The smallest absolute Gasteiger partial charge is 0.126 e. The van der Waals surface area contributed by atoms with Crippen LogP contribution in [0.3, 0.4) is 0 Å². The van der Waals surface area contributed by atoms with E-state index < -0.39 is 0 Å². The van der Waals surface area contributed by atoms with E-state index >= 15 is 0 Å². The first-order valence-electron chi connectivity index (χ1n) is 7.93. The third kappa shape index (κ3) is 3.93. The van der Waals surface area contributed by atoms with Crippen molar-refractivity contribution in [1.82, 2.24) is 10.3 Å². The SMILES string of the molecule is c1cc(CC[C@H]2CCCN2)cc(NC2CCOCC2)n1. The van der Waals surface area contributed by atoms with E-state index in [4.69, 9.17) is 4.74 Å². The Morgan fingerprint density at radius 3 is 3.00 bits per heavy atom. The normalized spacial score (nSPS) is 23.9. The van der Waals surface area contributed by atoms with E-state index in [1.165, 1.54) is 31.4 Å². The van der Waals surface area contributed by atoms with Gasteiger partial charge in [0.25, 0.3) is 0 Å². The second-order valence-electron chi connectivity index (χ2n) is 5.91. The van der Waals surface area contributed by atoms with Crippen LogP contribution >= 0.6 is 0 Å². The van der Waals surface area contributed by atoms with Crippen molar-refractivity contribution >= 4 is 5.82 Å². The minimum absolute atomic E-state index is 0.517. The van der Waals surface area contributed by atoms with Gasteiger partial charge < -0.3 is 15.4 Å². The van der Waals surface area contributed by atoms with Gasteiger partial charge in [0.15, 0.2) is 0 Å². The van der Waals surface area contributed by atoms with Crippen molar-refractivity contribution in [3.8, 4) is 0 Å². The lowest BCUT2D eigenvalue weighted by Gasteiger charge is -2.23. The number of nitrogens with one attached hydrogen (secondary N) is 2. The topological polar surface area (TPSA) is 46.2 Å². The van der Waals surface area contributed by atoms with Gasteiger partial charge in [-0.05, 0) is 62.8 Å². The maximum absolute atomic E-state index is 5.39. The van der Waals surface area contributed by atoms with Crippen molar-refractivity contribution in [2.75, 3.05) is 25.1 Å². The maximum atomic E-state index is 5.39. The molecule has 0 spiro atoms. The largest absolute Gasteiger partial charge is 0.381 e. The second-order valence-corrected chi connectivity index (χ2v) is 5.91. The molecule has 4 heteroatoms. The fourth-order valence-corrected chi connectivity index (χ4v) is 3.10. The summed E-state index contributed by atoms with van der Waals surface area (Å²) in [5, 5.41) is 7.10. The van der Waals surface area contributed by atoms with Crippen LogP contribution in [-0.2, 0) is 11.2 Å². The number of pyridine rings is 1. The van der Waals surface area contributed by atoms with Gasteiger partial charge in [-0.15, -0.1) is 0 Å². The van der Waals surface area contributed by atoms with Crippen LogP contribution < -0.4 is 10.6 Å². The summed E-state index contributed by atoms with van der Waals surface area (Å²) < 4.78 is 5.39. The molecule has 20 heavy (non-hydrogen) atoms. The molecule has 2 fully saturated rings. The van der Waals surface area contributed by atoms with E-state index in [0.29, 0.717) is 6.04 Å². The predicted molar refractivity (Wildman–Crippen MR) is 81.0 cm³/mol. The fraction of sp³-hybridized carbons (Fsp3) is 0.688. The highest BCUT2D eigenvalue weighted by Crippen LogP contribution is 2.17. The Morgan fingerprint density at radius 2 is 2.20 bits per heavy atom. The van der Waals surface area contributed by atoms with E-state index in [2.05, 4.69) is 27.8 Å². The van der Waals surface area contributed by atoms with Crippen LogP contribution in [0.5, 0.6) is 0 Å². The highest BCUT2D eigenvalue weighted by Gasteiger charge is 2.15. The monoisotopic (exact) mass is 275 g/mol. The zero-order valence-corrected chi connectivity index (χ0v) is 12.1. The highest BCUT2D eigenvalue weighted by atomic mass is 16.5. The number of nitrogens with zero attached hydrogens (tertiary/aromatic N) is 1. The number of ether oxygens (including phenoxy) is 1. The van der Waals surface area contributed by atoms with Gasteiger partial charge in [-0.3, -0.25) is 0 Å². The van der Waals surface area contributed by atoms with Gasteiger partial charge in [-0.2, -0.15) is 0 Å². The lowest BCUT2D eigenvalue weighted by Crippen LogP contribution is -2.28. The number of rotatable bonds is 5. The van der Waals surface area contributed by atoms with E-state index in [1.54, 1.807) is 0 Å². The predicted octanol–water partition coefficient (Wildman–Crippen LogP) is 2.36. The Morgan fingerprint density at radius 1 is 1.30 bits per heavy atom. The molecule has 0 unspecified atom stereocenters. The number of hydrogen-bond acceptors (Lipinski definition) is 4. The van der Waals surface area contributed by atoms with Crippen LogP contribution in [0.1, 0.15) is 37.7 Å². The lowest BCUT2D eigenvalue weighted by atomic mass is 10.0. The molecule has 0 saturated carbocycles. The average Bonchev–Trinajstić information content (AvgIpc) is 3.00. The van der Waals surface area contributed by atoms with Crippen LogP contribution in [0, 0.1) is 0 Å². The van der Waals surface area contributed by atoms with Gasteiger partial charge in [0.1, 0.15) is 5.82 Å². The van der Waals surface area contributed by atoms with Crippen LogP contribution in [0.15, 0.2) is 18.3 Å². The molecule has 2 aliphatic heterocycles. The fourth-order valence-electron chi connectivity index (χ4n) is 3.10. The van der Waals surface area contributed by atoms with Crippen molar-refractivity contribution < 1.29 is 4.74 Å². The third-order valence-electron chi connectivity index (χ3n) is 4.34. The standard InChI is InChI=1S/C16H25N3O/c1-2-14(17-8-1)4-3-13-5-9-18-16(12-13)19-15-6-10-20-11-7-15/h5,9,12,14-15,17H,1-4,6-8,10-11H2,(H,18,19)/t14-/m1/s1. The van der Waals surface area contributed by atoms with Crippen LogP contribution in [0.2, 0.25) is 0 Å². The van der Waals surface area contributed by atoms with Crippen molar-refractivity contribution in [3.05, 3.63) is 23.9 Å². The second kappa shape index (κ2) is 7.04. The van der Waals surface area contributed by atoms with E-state index in [0.717, 1.165) is 44.3 Å². The first-order chi connectivity index (χ1) is 9.90. The minimum atomic E-state index is 0.517. The zero-order valence-electron chi connectivity index (χ0n) is 12.1. The summed E-state index contributed by atoms with van der Waals surface area (Å²) in [6.07, 6.45) is 9.13. The summed E-state index contributed by atoms with van der Waals surface area (Å²) in [6, 6.07) is 5.59. The molecule has 1 aromatic rings. The number of anilines is 1. The molecule has 0 aliphatic carbocycles. The summed E-state index contributed by atoms with van der Waals surface area (Å²) in [5.74, 6) is 1.02. The van der Waals surface area contributed by atoms with E-state index in [9.17, 15) is 0 Å². The molecule has 0 aromatic carbocycles. The summed E-state index contributed by atoms with van der Waals surface area (Å²) in [6.45, 7) is 2.92. The third-order valence-corrected chi connectivity index (χ3v) is 4.34. The molecule has 4 nitrogen and oxygen atoms in total. The van der Waals surface area contributed by atoms with Crippen molar-refractivity contribution in [1.29, 1.82) is 0 Å². The molecule has 1 aromatic heterocycles. The van der Waals surface area contributed by atoms with Crippen LogP contribution in [0.25, 0.3) is 0 Å². The lowest BCUT2D eigenvalue weighted by molar-refractivity contribution is 0.0904. The van der Waals surface area contributed by atoms with E-state index in [1.807, 2.05) is 6.20 Å². The Balaban J connectivity index is 1.51. The molecule has 3 rings (SSSR count). The van der Waals surface area contributed by atoms with Gasteiger partial charge in [0.05, 0.1) is 0 Å². The number of aryl methyl sites for hydroxylation is 1. The summed E-state index contributed by atoms with van der Waals surface area (Å²) in [7, 11) is 0. The highest BCUT2D eigenvalue weighted by molar-refractivity contribution is 5.38. The minimum Gasteiger partial charge on any atom is -0.381 e. The van der Waals surface area contributed by atoms with Gasteiger partial charge in [-0.25, -0.2) is 4.98 Å². The molecular weight excluding hydrogens is 250 g/mol. The summed E-state index contributed by atoms with van der Waals surface area (Å²) in [4.78, 5) is 4.45. The number of aromatic nitrogens is 1. The summed E-state index contributed by atoms with van der Waals surface area (Å²) >= 11 is 0. The molecule has 0 bridgehead atoms. The quantitative estimate of drug-likeness (QED) is 0.866. The van der Waals surface area contributed by atoms with Gasteiger partial charge in [0.2, 0.25) is 0 Å². The first kappa shape index (κ1) is 13.8. The maximum Gasteiger partial charge on any atom is 0.126 e. The van der Waals surface area contributed by atoms with Crippen LogP contribution in [0.4, 0.5) is 5.82 Å². The van der Waals surface area contributed by atoms with Crippen LogP contribution in [-0.4, -0.2) is 36.8 Å². The van der Waals surface area contributed by atoms with Gasteiger partial charge >= 0.3 is 0 Å². The molecule has 0 amide bonds. The molecular formula is C16H25N3O.